The van der Waals surface area contributed by atoms with Crippen LogP contribution in [0.2, 0.25) is 0 Å². The summed E-state index contributed by atoms with van der Waals surface area (Å²) in [5.41, 5.74) is 2.28. The minimum Gasteiger partial charge on any atom is -0.482 e. The van der Waals surface area contributed by atoms with Crippen LogP contribution in [0.1, 0.15) is 17.5 Å². The monoisotopic (exact) mass is 254 g/mol. The smallest absolute Gasteiger partial charge is 0.306 e. The predicted octanol–water partition coefficient (Wildman–Crippen LogP) is 2.94. The van der Waals surface area contributed by atoms with Crippen LogP contribution in [-0.4, -0.2) is 24.8 Å². The first-order valence-electron chi connectivity index (χ1n) is 5.48. The molecule has 1 aromatic carbocycles. The van der Waals surface area contributed by atoms with Gasteiger partial charge in [-0.1, -0.05) is 18.2 Å². The second-order valence-corrected chi connectivity index (χ2v) is 4.77. The van der Waals surface area contributed by atoms with Crippen molar-refractivity contribution < 1.29 is 14.3 Å². The van der Waals surface area contributed by atoms with Crippen LogP contribution in [-0.2, 0) is 9.53 Å². The summed E-state index contributed by atoms with van der Waals surface area (Å²) in [5, 5.41) is 0. The summed E-state index contributed by atoms with van der Waals surface area (Å²) in [6, 6.07) is 6.07. The van der Waals surface area contributed by atoms with Gasteiger partial charge in [-0.15, -0.1) is 11.8 Å². The van der Waals surface area contributed by atoms with Gasteiger partial charge < -0.3 is 9.47 Å². The van der Waals surface area contributed by atoms with Crippen molar-refractivity contribution in [3.05, 3.63) is 29.3 Å². The lowest BCUT2D eigenvalue weighted by molar-refractivity contribution is -0.140. The summed E-state index contributed by atoms with van der Waals surface area (Å²) in [6.07, 6.45) is 0.428. The zero-order chi connectivity index (χ0) is 12.7. The summed E-state index contributed by atoms with van der Waals surface area (Å²) >= 11 is 1.59. The van der Waals surface area contributed by atoms with Gasteiger partial charge in [0.2, 0.25) is 0 Å². The first-order valence-corrected chi connectivity index (χ1v) is 6.64. The van der Waals surface area contributed by atoms with Gasteiger partial charge in [-0.05, 0) is 25.0 Å². The Hall–Kier alpha value is -1.16. The first-order chi connectivity index (χ1) is 8.15. The summed E-state index contributed by atoms with van der Waals surface area (Å²) < 4.78 is 10.3. The molecule has 4 heteroatoms. The molecule has 0 saturated heterocycles. The van der Waals surface area contributed by atoms with Gasteiger partial charge in [0.15, 0.2) is 0 Å². The molecule has 1 aromatic rings. The Morgan fingerprint density at radius 1 is 1.29 bits per heavy atom. The van der Waals surface area contributed by atoms with Gasteiger partial charge in [0.1, 0.15) is 11.7 Å². The molecule has 0 aliphatic carbocycles. The lowest BCUT2D eigenvalue weighted by atomic mass is 10.1. The Balaban J connectivity index is 2.29. The van der Waals surface area contributed by atoms with Gasteiger partial charge in [-0.2, -0.15) is 0 Å². The third-order valence-electron chi connectivity index (χ3n) is 2.37. The highest BCUT2D eigenvalue weighted by Gasteiger charge is 2.03. The molecule has 1 rings (SSSR count). The molecule has 94 valence electrons. The van der Waals surface area contributed by atoms with Crippen molar-refractivity contribution in [2.45, 2.75) is 20.3 Å². The average molecular weight is 254 g/mol. The molecule has 0 amide bonds. The van der Waals surface area contributed by atoms with Crippen LogP contribution in [0.5, 0.6) is 5.75 Å². The van der Waals surface area contributed by atoms with E-state index in [0.717, 1.165) is 22.6 Å². The summed E-state index contributed by atoms with van der Waals surface area (Å²) in [5.74, 6) is 2.04. The summed E-state index contributed by atoms with van der Waals surface area (Å²) in [7, 11) is 1.40. The Kier molecular flexibility index (Phi) is 5.91. The van der Waals surface area contributed by atoms with E-state index in [1.54, 1.807) is 11.8 Å². The van der Waals surface area contributed by atoms with E-state index in [4.69, 9.17) is 4.74 Å². The second kappa shape index (κ2) is 7.22. The van der Waals surface area contributed by atoms with Crippen LogP contribution in [0.15, 0.2) is 18.2 Å². The maximum atomic E-state index is 10.9. The predicted molar refractivity (Wildman–Crippen MR) is 70.5 cm³/mol. The van der Waals surface area contributed by atoms with Gasteiger partial charge in [-0.25, -0.2) is 0 Å². The summed E-state index contributed by atoms with van der Waals surface area (Å²) in [6.45, 7) is 4.06. The lowest BCUT2D eigenvalue weighted by Gasteiger charge is -2.11. The highest BCUT2D eigenvalue weighted by atomic mass is 32.2. The van der Waals surface area contributed by atoms with E-state index in [1.165, 1.54) is 7.11 Å². The van der Waals surface area contributed by atoms with Crippen LogP contribution >= 0.6 is 11.8 Å². The molecule has 0 atom stereocenters. The fourth-order valence-electron chi connectivity index (χ4n) is 1.44. The molecule has 0 aliphatic rings. The number of carbonyl (C=O) groups is 1. The Morgan fingerprint density at radius 2 is 1.94 bits per heavy atom. The van der Waals surface area contributed by atoms with E-state index in [2.05, 4.69) is 4.74 Å². The second-order valence-electron chi connectivity index (χ2n) is 3.72. The molecule has 0 unspecified atom stereocenters. The zero-order valence-corrected chi connectivity index (χ0v) is 11.3. The van der Waals surface area contributed by atoms with Crippen molar-refractivity contribution in [1.29, 1.82) is 0 Å². The van der Waals surface area contributed by atoms with E-state index in [-0.39, 0.29) is 5.97 Å². The number of carbonyl (C=O) groups excluding carboxylic acids is 1. The molecule has 0 heterocycles. The highest BCUT2D eigenvalue weighted by molar-refractivity contribution is 7.99. The molecular formula is C13H18O3S. The number of esters is 1. The van der Waals surface area contributed by atoms with Gasteiger partial charge in [-0.3, -0.25) is 4.79 Å². The number of benzene rings is 1. The first kappa shape index (κ1) is 13.9. The molecule has 0 aromatic heterocycles. The van der Waals surface area contributed by atoms with Gasteiger partial charge in [0.25, 0.3) is 0 Å². The van der Waals surface area contributed by atoms with E-state index < -0.39 is 0 Å². The standard InChI is InChI=1S/C13H18O3S/c1-10-5-4-6-11(2)13(10)16-9-17-8-7-12(14)15-3/h4-6H,7-9H2,1-3H3. The zero-order valence-electron chi connectivity index (χ0n) is 10.5. The van der Waals surface area contributed by atoms with E-state index in [9.17, 15) is 4.79 Å². The number of thioether (sulfide) groups is 1. The number of methoxy groups -OCH3 is 1. The van der Waals surface area contributed by atoms with Crippen molar-refractivity contribution in [3.63, 3.8) is 0 Å². The molecule has 17 heavy (non-hydrogen) atoms. The van der Waals surface area contributed by atoms with Crippen molar-refractivity contribution in [2.24, 2.45) is 0 Å². The summed E-state index contributed by atoms with van der Waals surface area (Å²) in [4.78, 5) is 10.9. The molecule has 0 spiro atoms. The van der Waals surface area contributed by atoms with Crippen molar-refractivity contribution >= 4 is 17.7 Å². The number of ether oxygens (including phenoxy) is 2. The van der Waals surface area contributed by atoms with Crippen LogP contribution in [0.25, 0.3) is 0 Å². The molecule has 0 N–H and O–H groups in total. The molecule has 0 aliphatic heterocycles. The number of hydrogen-bond donors (Lipinski definition) is 0. The van der Waals surface area contributed by atoms with Crippen LogP contribution < -0.4 is 4.74 Å². The minimum absolute atomic E-state index is 0.176. The van der Waals surface area contributed by atoms with Gasteiger partial charge >= 0.3 is 5.97 Å². The van der Waals surface area contributed by atoms with Crippen molar-refractivity contribution in [2.75, 3.05) is 18.8 Å². The number of aryl methyl sites for hydroxylation is 2. The SMILES string of the molecule is COC(=O)CCSCOc1c(C)cccc1C. The Labute approximate surface area is 106 Å². The van der Waals surface area contributed by atoms with Crippen molar-refractivity contribution in [1.82, 2.24) is 0 Å². The normalized spacial score (nSPS) is 10.1. The minimum atomic E-state index is -0.176. The fraction of sp³-hybridized carbons (Fsp3) is 0.462. The quantitative estimate of drug-likeness (QED) is 0.444. The maximum absolute atomic E-state index is 10.9. The molecule has 0 fully saturated rings. The number of rotatable bonds is 6. The molecule has 3 nitrogen and oxygen atoms in total. The molecular weight excluding hydrogens is 236 g/mol. The molecule has 0 radical (unpaired) electrons. The van der Waals surface area contributed by atoms with E-state index >= 15 is 0 Å². The average Bonchev–Trinajstić information content (AvgIpc) is 2.31. The Morgan fingerprint density at radius 3 is 2.53 bits per heavy atom. The Bertz CT molecular complexity index is 357. The molecule has 0 saturated carbocycles. The van der Waals surface area contributed by atoms with Crippen molar-refractivity contribution in [3.8, 4) is 5.75 Å². The fourth-order valence-corrected chi connectivity index (χ4v) is 2.07. The topological polar surface area (TPSA) is 35.5 Å². The van der Waals surface area contributed by atoms with Crippen LogP contribution in [0, 0.1) is 13.8 Å². The third kappa shape index (κ3) is 4.69. The lowest BCUT2D eigenvalue weighted by Crippen LogP contribution is -2.03. The third-order valence-corrected chi connectivity index (χ3v) is 3.15. The number of para-hydroxylation sites is 1. The van der Waals surface area contributed by atoms with Crippen LogP contribution in [0.4, 0.5) is 0 Å². The van der Waals surface area contributed by atoms with Crippen LogP contribution in [0.3, 0.4) is 0 Å². The van der Waals surface area contributed by atoms with Gasteiger partial charge in [0, 0.05) is 5.75 Å². The molecule has 0 bridgehead atoms. The van der Waals surface area contributed by atoms with E-state index in [0.29, 0.717) is 12.4 Å². The largest absolute Gasteiger partial charge is 0.482 e. The highest BCUT2D eigenvalue weighted by Crippen LogP contribution is 2.23. The maximum Gasteiger partial charge on any atom is 0.306 e. The van der Waals surface area contributed by atoms with Gasteiger partial charge in [0.05, 0.1) is 13.5 Å². The number of hydrogen-bond acceptors (Lipinski definition) is 4. The van der Waals surface area contributed by atoms with E-state index in [1.807, 2.05) is 32.0 Å².